The van der Waals surface area contributed by atoms with Crippen molar-refractivity contribution in [3.8, 4) is 5.75 Å². The van der Waals surface area contributed by atoms with Gasteiger partial charge in [-0.1, -0.05) is 13.8 Å². The van der Waals surface area contributed by atoms with Gasteiger partial charge in [-0.15, -0.1) is 0 Å². The minimum atomic E-state index is -3.60. The second-order valence-electron chi connectivity index (χ2n) is 5.54. The van der Waals surface area contributed by atoms with Gasteiger partial charge in [0.1, 0.15) is 5.75 Å². The second kappa shape index (κ2) is 8.76. The predicted molar refractivity (Wildman–Crippen MR) is 90.9 cm³/mol. The highest BCUT2D eigenvalue weighted by Crippen LogP contribution is 2.18. The molecule has 0 heterocycles. The van der Waals surface area contributed by atoms with Crippen molar-refractivity contribution in [3.63, 3.8) is 0 Å². The summed E-state index contributed by atoms with van der Waals surface area (Å²) in [5.74, 6) is 1.06. The lowest BCUT2D eigenvalue weighted by molar-refractivity contribution is 0.271. The van der Waals surface area contributed by atoms with E-state index in [9.17, 15) is 13.5 Å². The molecule has 2 atom stereocenters. The van der Waals surface area contributed by atoms with Gasteiger partial charge in [-0.25, -0.2) is 13.1 Å². The van der Waals surface area contributed by atoms with Gasteiger partial charge in [0.15, 0.2) is 0 Å². The fraction of sp³-hybridized carbons (Fsp3) is 0.600. The first kappa shape index (κ1) is 19.3. The molecule has 0 saturated heterocycles. The van der Waals surface area contributed by atoms with Gasteiger partial charge in [0, 0.05) is 11.3 Å². The lowest BCUT2D eigenvalue weighted by Crippen LogP contribution is -2.41. The quantitative estimate of drug-likeness (QED) is 0.715. The fourth-order valence-corrected chi connectivity index (χ4v) is 3.80. The van der Waals surface area contributed by atoms with E-state index < -0.39 is 10.0 Å². The zero-order chi connectivity index (χ0) is 16.8. The first-order chi connectivity index (χ1) is 10.3. The average Bonchev–Trinajstić information content (AvgIpc) is 2.46. The molecule has 0 unspecified atom stereocenters. The third kappa shape index (κ3) is 5.79. The van der Waals surface area contributed by atoms with Crippen molar-refractivity contribution < 1.29 is 18.3 Å². The van der Waals surface area contributed by atoms with Crippen LogP contribution in [0.5, 0.6) is 5.75 Å². The summed E-state index contributed by atoms with van der Waals surface area (Å²) in [7, 11) is -3.60. The molecule has 2 N–H and O–H groups in total. The number of hydrogen-bond donors (Lipinski definition) is 2. The van der Waals surface area contributed by atoms with Gasteiger partial charge >= 0.3 is 0 Å². The fourth-order valence-electron chi connectivity index (χ4n) is 1.80. The lowest BCUT2D eigenvalue weighted by atomic mass is 10.2. The topological polar surface area (TPSA) is 75.6 Å². The molecule has 0 saturated carbocycles. The van der Waals surface area contributed by atoms with E-state index in [-0.39, 0.29) is 22.8 Å². The highest BCUT2D eigenvalue weighted by Gasteiger charge is 2.22. The standard InChI is InChI=1S/C15H25NO4S2/c1-11(2)10-20-13-5-7-14(8-6-13)22(18,19)16-12(3)15(9-17)21-4/h5-8,11-12,15-17H,9-10H2,1-4H3/t12-,15-/m0/s1. The highest BCUT2D eigenvalue weighted by atomic mass is 32.2. The summed E-state index contributed by atoms with van der Waals surface area (Å²) >= 11 is 1.43. The van der Waals surface area contributed by atoms with Crippen LogP contribution in [0.2, 0.25) is 0 Å². The summed E-state index contributed by atoms with van der Waals surface area (Å²) in [5, 5.41) is 9.05. The van der Waals surface area contributed by atoms with Crippen molar-refractivity contribution in [2.75, 3.05) is 19.5 Å². The number of aliphatic hydroxyl groups is 1. The Morgan fingerprint density at radius 3 is 2.27 bits per heavy atom. The number of rotatable bonds is 9. The Labute approximate surface area is 137 Å². The maximum atomic E-state index is 12.3. The number of hydrogen-bond acceptors (Lipinski definition) is 5. The van der Waals surface area contributed by atoms with E-state index in [0.717, 1.165) is 0 Å². The third-order valence-corrected chi connectivity index (χ3v) is 5.84. The molecule has 0 radical (unpaired) electrons. The second-order valence-corrected chi connectivity index (χ2v) is 8.33. The van der Waals surface area contributed by atoms with E-state index in [1.54, 1.807) is 19.1 Å². The Hall–Kier alpha value is -0.760. The Kier molecular flexibility index (Phi) is 7.68. The van der Waals surface area contributed by atoms with E-state index in [1.165, 1.54) is 23.9 Å². The number of ether oxygens (including phenoxy) is 1. The van der Waals surface area contributed by atoms with Crippen LogP contribution < -0.4 is 9.46 Å². The van der Waals surface area contributed by atoms with Crippen molar-refractivity contribution in [2.45, 2.75) is 37.0 Å². The maximum Gasteiger partial charge on any atom is 0.240 e. The van der Waals surface area contributed by atoms with E-state index in [0.29, 0.717) is 18.3 Å². The summed E-state index contributed by atoms with van der Waals surface area (Å²) in [5.41, 5.74) is 0. The molecule has 0 aliphatic rings. The van der Waals surface area contributed by atoms with Crippen LogP contribution in [0.4, 0.5) is 0 Å². The molecule has 1 aromatic carbocycles. The van der Waals surface area contributed by atoms with Gasteiger partial charge in [0.05, 0.1) is 18.1 Å². The summed E-state index contributed by atoms with van der Waals surface area (Å²) in [6.45, 7) is 6.36. The minimum Gasteiger partial charge on any atom is -0.493 e. The van der Waals surface area contributed by atoms with Crippen molar-refractivity contribution >= 4 is 21.8 Å². The van der Waals surface area contributed by atoms with Crippen LogP contribution in [0.1, 0.15) is 20.8 Å². The van der Waals surface area contributed by atoms with E-state index in [2.05, 4.69) is 4.72 Å². The SMILES string of the molecule is CS[C@@H](CO)[C@H](C)NS(=O)(=O)c1ccc(OCC(C)C)cc1. The van der Waals surface area contributed by atoms with Crippen LogP contribution >= 0.6 is 11.8 Å². The molecule has 0 spiro atoms. The molecule has 7 heteroatoms. The minimum absolute atomic E-state index is 0.0766. The molecule has 0 aliphatic carbocycles. The monoisotopic (exact) mass is 347 g/mol. The Morgan fingerprint density at radius 2 is 1.82 bits per heavy atom. The zero-order valence-electron chi connectivity index (χ0n) is 13.4. The van der Waals surface area contributed by atoms with E-state index in [4.69, 9.17) is 4.74 Å². The summed E-state index contributed by atoms with van der Waals surface area (Å²) in [6.07, 6.45) is 1.84. The first-order valence-electron chi connectivity index (χ1n) is 7.19. The summed E-state index contributed by atoms with van der Waals surface area (Å²) in [6, 6.07) is 6.00. The molecule has 0 amide bonds. The van der Waals surface area contributed by atoms with Gasteiger partial charge in [-0.3, -0.25) is 0 Å². The molecule has 0 aliphatic heterocycles. The van der Waals surface area contributed by atoms with E-state index >= 15 is 0 Å². The Morgan fingerprint density at radius 1 is 1.23 bits per heavy atom. The molecule has 126 valence electrons. The largest absolute Gasteiger partial charge is 0.493 e. The van der Waals surface area contributed by atoms with Gasteiger partial charge in [0.25, 0.3) is 0 Å². The normalized spacial score (nSPS) is 14.8. The zero-order valence-corrected chi connectivity index (χ0v) is 15.1. The average molecular weight is 348 g/mol. The molecule has 5 nitrogen and oxygen atoms in total. The van der Waals surface area contributed by atoms with E-state index in [1.807, 2.05) is 20.1 Å². The van der Waals surface area contributed by atoms with Crippen LogP contribution in [0.25, 0.3) is 0 Å². The number of aliphatic hydroxyl groups excluding tert-OH is 1. The molecule has 0 bridgehead atoms. The predicted octanol–water partition coefficient (Wildman–Crippen LogP) is 2.11. The van der Waals surface area contributed by atoms with Crippen LogP contribution in [0.3, 0.4) is 0 Å². The van der Waals surface area contributed by atoms with Crippen molar-refractivity contribution in [2.24, 2.45) is 5.92 Å². The molecular formula is C15H25NO4S2. The Bertz CT molecular complexity index is 539. The van der Waals surface area contributed by atoms with Crippen LogP contribution in [-0.2, 0) is 10.0 Å². The molecule has 0 fully saturated rings. The van der Waals surface area contributed by atoms with Crippen LogP contribution in [-0.4, -0.2) is 44.3 Å². The number of thioether (sulfide) groups is 1. The number of nitrogens with one attached hydrogen (secondary N) is 1. The van der Waals surface area contributed by atoms with Crippen LogP contribution in [0, 0.1) is 5.92 Å². The van der Waals surface area contributed by atoms with Crippen LogP contribution in [0.15, 0.2) is 29.2 Å². The lowest BCUT2D eigenvalue weighted by Gasteiger charge is -2.21. The molecular weight excluding hydrogens is 322 g/mol. The molecule has 1 rings (SSSR count). The van der Waals surface area contributed by atoms with Crippen molar-refractivity contribution in [3.05, 3.63) is 24.3 Å². The van der Waals surface area contributed by atoms with Gasteiger partial charge < -0.3 is 9.84 Å². The third-order valence-electron chi connectivity index (χ3n) is 3.10. The van der Waals surface area contributed by atoms with Crippen molar-refractivity contribution in [1.29, 1.82) is 0 Å². The van der Waals surface area contributed by atoms with Gasteiger partial charge in [-0.05, 0) is 43.4 Å². The molecule has 0 aromatic heterocycles. The summed E-state index contributed by atoms with van der Waals surface area (Å²) < 4.78 is 32.8. The molecule has 1 aromatic rings. The summed E-state index contributed by atoms with van der Waals surface area (Å²) in [4.78, 5) is 0.189. The maximum absolute atomic E-state index is 12.3. The smallest absolute Gasteiger partial charge is 0.240 e. The van der Waals surface area contributed by atoms with Gasteiger partial charge in [0.2, 0.25) is 10.0 Å². The number of benzene rings is 1. The van der Waals surface area contributed by atoms with Crippen molar-refractivity contribution in [1.82, 2.24) is 4.72 Å². The Balaban J connectivity index is 2.77. The highest BCUT2D eigenvalue weighted by molar-refractivity contribution is 7.99. The first-order valence-corrected chi connectivity index (χ1v) is 9.96. The number of sulfonamides is 1. The molecule has 22 heavy (non-hydrogen) atoms. The van der Waals surface area contributed by atoms with Gasteiger partial charge in [-0.2, -0.15) is 11.8 Å².